The van der Waals surface area contributed by atoms with Gasteiger partial charge in [0.1, 0.15) is 12.1 Å². The summed E-state index contributed by atoms with van der Waals surface area (Å²) in [5, 5.41) is 6.05. The number of carbonyl (C=O) groups excluding carboxylic acids is 2. The summed E-state index contributed by atoms with van der Waals surface area (Å²) in [6.45, 7) is 8.58. The zero-order chi connectivity index (χ0) is 19.7. The van der Waals surface area contributed by atoms with Crippen LogP contribution in [0.5, 0.6) is 0 Å². The fourth-order valence-electron chi connectivity index (χ4n) is 2.06. The van der Waals surface area contributed by atoms with Gasteiger partial charge in [-0.25, -0.2) is 4.99 Å². The first-order valence-electron chi connectivity index (χ1n) is 8.67. The van der Waals surface area contributed by atoms with Crippen LogP contribution in [-0.4, -0.2) is 55.5 Å². The Kier molecular flexibility index (Phi) is 11.0. The standard InChI is InChI=1S/C19H30N4O3.HI/c1-7-20-18(22-13-16(24)26-19(2,3)4)21-12-14-8-10-15(11-9-14)17(25)23(5)6;/h8-11H,7,12-13H2,1-6H3,(H2,20,21,22);1H. The fourth-order valence-corrected chi connectivity index (χ4v) is 2.06. The molecule has 8 heteroatoms. The molecule has 0 bridgehead atoms. The molecule has 0 heterocycles. The number of hydrogen-bond acceptors (Lipinski definition) is 4. The molecule has 1 aromatic rings. The first-order valence-corrected chi connectivity index (χ1v) is 8.67. The third-order valence-electron chi connectivity index (χ3n) is 3.19. The van der Waals surface area contributed by atoms with E-state index in [0.29, 0.717) is 24.6 Å². The molecule has 7 nitrogen and oxygen atoms in total. The van der Waals surface area contributed by atoms with E-state index in [1.165, 1.54) is 4.90 Å². The molecule has 27 heavy (non-hydrogen) atoms. The largest absolute Gasteiger partial charge is 0.459 e. The van der Waals surface area contributed by atoms with Gasteiger partial charge in [0.15, 0.2) is 5.96 Å². The Morgan fingerprint density at radius 1 is 1.11 bits per heavy atom. The topological polar surface area (TPSA) is 83.0 Å². The van der Waals surface area contributed by atoms with Crippen molar-refractivity contribution in [1.82, 2.24) is 15.5 Å². The third kappa shape index (κ3) is 10.2. The Balaban J connectivity index is 0.00000676. The van der Waals surface area contributed by atoms with E-state index in [-0.39, 0.29) is 42.4 Å². The zero-order valence-corrected chi connectivity index (χ0v) is 19.3. The average molecular weight is 490 g/mol. The van der Waals surface area contributed by atoms with E-state index in [2.05, 4.69) is 15.6 Å². The molecule has 0 aliphatic rings. The van der Waals surface area contributed by atoms with E-state index in [9.17, 15) is 9.59 Å². The van der Waals surface area contributed by atoms with Gasteiger partial charge in [-0.05, 0) is 45.4 Å². The first kappa shape index (κ1) is 25.2. The van der Waals surface area contributed by atoms with Crippen LogP contribution < -0.4 is 10.6 Å². The maximum absolute atomic E-state index is 11.9. The third-order valence-corrected chi connectivity index (χ3v) is 3.19. The Morgan fingerprint density at radius 2 is 1.70 bits per heavy atom. The van der Waals surface area contributed by atoms with Crippen molar-refractivity contribution in [3.8, 4) is 0 Å². The highest BCUT2D eigenvalue weighted by Crippen LogP contribution is 2.08. The van der Waals surface area contributed by atoms with Crippen LogP contribution in [0, 0.1) is 0 Å². The summed E-state index contributed by atoms with van der Waals surface area (Å²) >= 11 is 0. The van der Waals surface area contributed by atoms with Gasteiger partial charge in [-0.15, -0.1) is 24.0 Å². The molecular weight excluding hydrogens is 459 g/mol. The lowest BCUT2D eigenvalue weighted by Gasteiger charge is -2.20. The van der Waals surface area contributed by atoms with Gasteiger partial charge in [-0.2, -0.15) is 0 Å². The van der Waals surface area contributed by atoms with Gasteiger partial charge >= 0.3 is 5.97 Å². The van der Waals surface area contributed by atoms with Crippen molar-refractivity contribution in [2.45, 2.75) is 39.8 Å². The number of carbonyl (C=O) groups is 2. The molecule has 0 aliphatic heterocycles. The van der Waals surface area contributed by atoms with Gasteiger partial charge in [0.05, 0.1) is 6.54 Å². The molecule has 0 saturated carbocycles. The number of nitrogens with zero attached hydrogens (tertiary/aromatic N) is 2. The number of esters is 1. The second-order valence-electron chi connectivity index (χ2n) is 7.03. The van der Waals surface area contributed by atoms with Crippen LogP contribution in [0.15, 0.2) is 29.3 Å². The van der Waals surface area contributed by atoms with E-state index in [4.69, 9.17) is 4.74 Å². The van der Waals surface area contributed by atoms with Crippen LogP contribution in [0.1, 0.15) is 43.6 Å². The summed E-state index contributed by atoms with van der Waals surface area (Å²) < 4.78 is 5.26. The first-order chi connectivity index (χ1) is 12.1. The molecule has 1 amide bonds. The number of ether oxygens (including phenoxy) is 1. The van der Waals surface area contributed by atoms with Crippen LogP contribution in [0.4, 0.5) is 0 Å². The van der Waals surface area contributed by atoms with Crippen molar-refractivity contribution in [1.29, 1.82) is 0 Å². The molecule has 0 fully saturated rings. The summed E-state index contributed by atoms with van der Waals surface area (Å²) in [5.41, 5.74) is 1.09. The SMILES string of the molecule is CCNC(=NCc1ccc(C(=O)N(C)C)cc1)NCC(=O)OC(C)(C)C.I. The smallest absolute Gasteiger partial charge is 0.325 e. The summed E-state index contributed by atoms with van der Waals surface area (Å²) in [7, 11) is 3.44. The minimum Gasteiger partial charge on any atom is -0.459 e. The highest BCUT2D eigenvalue weighted by molar-refractivity contribution is 14.0. The molecule has 0 aliphatic carbocycles. The number of rotatable bonds is 6. The molecule has 0 unspecified atom stereocenters. The average Bonchev–Trinajstić information content (AvgIpc) is 2.55. The Labute approximate surface area is 179 Å². The molecule has 1 aromatic carbocycles. The van der Waals surface area contributed by atoms with Crippen LogP contribution in [0.3, 0.4) is 0 Å². The monoisotopic (exact) mass is 490 g/mol. The zero-order valence-electron chi connectivity index (χ0n) is 17.0. The van der Waals surface area contributed by atoms with Crippen LogP contribution in [0.2, 0.25) is 0 Å². The molecule has 152 valence electrons. The summed E-state index contributed by atoms with van der Waals surface area (Å²) in [6.07, 6.45) is 0. The molecule has 0 saturated heterocycles. The summed E-state index contributed by atoms with van der Waals surface area (Å²) in [6, 6.07) is 7.32. The number of nitrogens with one attached hydrogen (secondary N) is 2. The quantitative estimate of drug-likeness (QED) is 0.277. The molecular formula is C19H31IN4O3. The number of hydrogen-bond donors (Lipinski definition) is 2. The number of guanidine groups is 1. The normalized spacial score (nSPS) is 11.3. The maximum atomic E-state index is 11.9. The molecule has 0 atom stereocenters. The van der Waals surface area contributed by atoms with E-state index in [0.717, 1.165) is 5.56 Å². The highest BCUT2D eigenvalue weighted by Gasteiger charge is 2.16. The lowest BCUT2D eigenvalue weighted by atomic mass is 10.1. The number of aliphatic imine (C=N–C) groups is 1. The lowest BCUT2D eigenvalue weighted by molar-refractivity contribution is -0.153. The maximum Gasteiger partial charge on any atom is 0.325 e. The van der Waals surface area contributed by atoms with Crippen molar-refractivity contribution in [3.63, 3.8) is 0 Å². The molecule has 2 N–H and O–H groups in total. The van der Waals surface area contributed by atoms with Crippen molar-refractivity contribution in [3.05, 3.63) is 35.4 Å². The Hall–Kier alpha value is -1.84. The van der Waals surface area contributed by atoms with Crippen molar-refractivity contribution < 1.29 is 14.3 Å². The minimum atomic E-state index is -0.514. The van der Waals surface area contributed by atoms with Gasteiger partial charge < -0.3 is 20.3 Å². The second kappa shape index (κ2) is 11.8. The molecule has 0 radical (unpaired) electrons. The van der Waals surface area contributed by atoms with E-state index >= 15 is 0 Å². The Morgan fingerprint density at radius 3 is 2.19 bits per heavy atom. The van der Waals surface area contributed by atoms with Gasteiger partial charge in [-0.1, -0.05) is 12.1 Å². The fraction of sp³-hybridized carbons (Fsp3) is 0.526. The van der Waals surface area contributed by atoms with Crippen molar-refractivity contribution >= 4 is 41.8 Å². The number of benzene rings is 1. The van der Waals surface area contributed by atoms with Gasteiger partial charge in [0.25, 0.3) is 5.91 Å². The Bertz CT molecular complexity index is 637. The molecule has 0 spiro atoms. The van der Waals surface area contributed by atoms with Gasteiger partial charge in [-0.3, -0.25) is 9.59 Å². The molecule has 1 rings (SSSR count). The predicted molar refractivity (Wildman–Crippen MR) is 119 cm³/mol. The van der Waals surface area contributed by atoms with Gasteiger partial charge in [0.2, 0.25) is 0 Å². The number of halogens is 1. The van der Waals surface area contributed by atoms with Crippen molar-refractivity contribution in [2.75, 3.05) is 27.2 Å². The predicted octanol–water partition coefficient (Wildman–Crippen LogP) is 2.40. The van der Waals surface area contributed by atoms with E-state index < -0.39 is 5.60 Å². The number of amides is 1. The lowest BCUT2D eigenvalue weighted by Crippen LogP contribution is -2.41. The van der Waals surface area contributed by atoms with Crippen LogP contribution in [-0.2, 0) is 16.1 Å². The second-order valence-corrected chi connectivity index (χ2v) is 7.03. The van der Waals surface area contributed by atoms with Gasteiger partial charge in [0, 0.05) is 26.2 Å². The van der Waals surface area contributed by atoms with Crippen LogP contribution in [0.25, 0.3) is 0 Å². The van der Waals surface area contributed by atoms with Crippen LogP contribution >= 0.6 is 24.0 Å². The molecule has 0 aromatic heterocycles. The summed E-state index contributed by atoms with van der Waals surface area (Å²) in [4.78, 5) is 29.7. The van der Waals surface area contributed by atoms with E-state index in [1.54, 1.807) is 26.2 Å². The summed E-state index contributed by atoms with van der Waals surface area (Å²) in [5.74, 6) is 0.161. The highest BCUT2D eigenvalue weighted by atomic mass is 127. The minimum absolute atomic E-state index is 0. The van der Waals surface area contributed by atoms with Crippen molar-refractivity contribution in [2.24, 2.45) is 4.99 Å². The van der Waals surface area contributed by atoms with E-state index in [1.807, 2.05) is 39.8 Å².